The van der Waals surface area contributed by atoms with Crippen molar-refractivity contribution in [3.05, 3.63) is 23.8 Å². The zero-order chi connectivity index (χ0) is 12.5. The quantitative estimate of drug-likeness (QED) is 0.905. The van der Waals surface area contributed by atoms with Crippen LogP contribution in [0.1, 0.15) is 37.7 Å². The molecule has 0 radical (unpaired) electrons. The predicted octanol–water partition coefficient (Wildman–Crippen LogP) is 3.16. The van der Waals surface area contributed by atoms with E-state index < -0.39 is 0 Å². The summed E-state index contributed by atoms with van der Waals surface area (Å²) >= 11 is 0. The van der Waals surface area contributed by atoms with Gasteiger partial charge >= 0.3 is 0 Å². The van der Waals surface area contributed by atoms with Gasteiger partial charge in [0.2, 0.25) is 0 Å². The second-order valence-electron chi connectivity index (χ2n) is 5.35. The van der Waals surface area contributed by atoms with Crippen molar-refractivity contribution in [2.75, 3.05) is 19.7 Å². The number of rotatable bonds is 2. The summed E-state index contributed by atoms with van der Waals surface area (Å²) in [5, 5.41) is 10.1. The molecule has 0 unspecified atom stereocenters. The minimum atomic E-state index is 0. The van der Waals surface area contributed by atoms with Gasteiger partial charge in [-0.15, -0.1) is 12.4 Å². The first-order valence-corrected chi connectivity index (χ1v) is 7.00. The summed E-state index contributed by atoms with van der Waals surface area (Å²) in [4.78, 5) is 2.53. The Morgan fingerprint density at radius 2 is 2.26 bits per heavy atom. The Kier molecular flexibility index (Phi) is 4.58. The topological polar surface area (TPSA) is 32.7 Å². The molecule has 4 heteroatoms. The van der Waals surface area contributed by atoms with Crippen LogP contribution in [-0.2, 0) is 0 Å². The lowest BCUT2D eigenvalue weighted by molar-refractivity contribution is 0.0646. The number of fused-ring (bicyclic) bond motifs is 3. The lowest BCUT2D eigenvalue weighted by Gasteiger charge is -2.44. The molecule has 106 valence electrons. The van der Waals surface area contributed by atoms with Gasteiger partial charge in [0.15, 0.2) is 0 Å². The van der Waals surface area contributed by atoms with E-state index >= 15 is 0 Å². The van der Waals surface area contributed by atoms with Gasteiger partial charge in [0.05, 0.1) is 6.04 Å². The first-order chi connectivity index (χ1) is 8.81. The fraction of sp³-hybridized carbons (Fsp3) is 0.600. The van der Waals surface area contributed by atoms with Crippen molar-refractivity contribution in [2.24, 2.45) is 0 Å². The van der Waals surface area contributed by atoms with E-state index in [1.165, 1.54) is 25.8 Å². The van der Waals surface area contributed by atoms with Crippen molar-refractivity contribution in [1.82, 2.24) is 4.90 Å². The monoisotopic (exact) mass is 283 g/mol. The third-order valence-corrected chi connectivity index (χ3v) is 4.23. The number of phenolic OH excluding ortho intramolecular Hbond substituents is 1. The number of likely N-dealkylation sites (tertiary alicyclic amines) is 1. The number of phenols is 1. The maximum absolute atomic E-state index is 10.1. The van der Waals surface area contributed by atoms with Crippen LogP contribution in [0.2, 0.25) is 0 Å². The average Bonchev–Trinajstić information content (AvgIpc) is 2.39. The minimum absolute atomic E-state index is 0. The Hall–Kier alpha value is -0.930. The highest BCUT2D eigenvalue weighted by Crippen LogP contribution is 2.45. The molecule has 1 N–H and O–H groups in total. The van der Waals surface area contributed by atoms with Gasteiger partial charge in [0.1, 0.15) is 18.1 Å². The van der Waals surface area contributed by atoms with Crippen molar-refractivity contribution in [2.45, 2.75) is 38.1 Å². The molecular formula is C15H22ClNO2. The Labute approximate surface area is 121 Å². The molecule has 1 aromatic carbocycles. The molecule has 1 aromatic rings. The van der Waals surface area contributed by atoms with E-state index in [2.05, 4.69) is 11.8 Å². The van der Waals surface area contributed by atoms with Crippen molar-refractivity contribution < 1.29 is 9.84 Å². The van der Waals surface area contributed by atoms with Crippen LogP contribution in [0.3, 0.4) is 0 Å². The lowest BCUT2D eigenvalue weighted by atomic mass is 9.81. The Bertz CT molecular complexity index is 436. The van der Waals surface area contributed by atoms with Crippen LogP contribution in [0, 0.1) is 0 Å². The first-order valence-electron chi connectivity index (χ1n) is 7.00. The van der Waals surface area contributed by atoms with Gasteiger partial charge in [-0.25, -0.2) is 0 Å². The van der Waals surface area contributed by atoms with Crippen LogP contribution in [0.25, 0.3) is 0 Å². The van der Waals surface area contributed by atoms with Gasteiger partial charge in [-0.3, -0.25) is 4.90 Å². The Morgan fingerprint density at radius 1 is 1.42 bits per heavy atom. The van der Waals surface area contributed by atoms with Crippen molar-refractivity contribution >= 4 is 12.4 Å². The fourth-order valence-electron chi connectivity index (χ4n) is 3.46. The fourth-order valence-corrected chi connectivity index (χ4v) is 3.46. The van der Waals surface area contributed by atoms with Crippen LogP contribution in [-0.4, -0.2) is 35.7 Å². The zero-order valence-electron chi connectivity index (χ0n) is 11.3. The van der Waals surface area contributed by atoms with Gasteiger partial charge in [0.25, 0.3) is 0 Å². The van der Waals surface area contributed by atoms with E-state index in [1.54, 1.807) is 6.07 Å². The van der Waals surface area contributed by atoms with Crippen molar-refractivity contribution in [1.29, 1.82) is 0 Å². The summed E-state index contributed by atoms with van der Waals surface area (Å²) in [5.74, 6) is 1.73. The number of ether oxygens (including phenoxy) is 1. The van der Waals surface area contributed by atoms with Gasteiger partial charge < -0.3 is 9.84 Å². The van der Waals surface area contributed by atoms with Crippen LogP contribution < -0.4 is 4.74 Å². The number of benzene rings is 1. The summed E-state index contributed by atoms with van der Waals surface area (Å²) in [6.07, 6.45) is 3.56. The molecule has 0 aliphatic carbocycles. The molecule has 0 saturated carbocycles. The molecule has 0 amide bonds. The Morgan fingerprint density at radius 3 is 3.05 bits per heavy atom. The molecule has 2 atom stereocenters. The van der Waals surface area contributed by atoms with E-state index in [-0.39, 0.29) is 12.4 Å². The second kappa shape index (κ2) is 6.02. The lowest BCUT2D eigenvalue weighted by Crippen LogP contribution is -2.49. The maximum Gasteiger partial charge on any atom is 0.126 e. The number of nitrogens with zero attached hydrogens (tertiary/aromatic N) is 1. The van der Waals surface area contributed by atoms with E-state index in [0.717, 1.165) is 24.5 Å². The van der Waals surface area contributed by atoms with E-state index in [9.17, 15) is 5.11 Å². The highest BCUT2D eigenvalue weighted by molar-refractivity contribution is 5.85. The normalized spacial score (nSPS) is 25.7. The largest absolute Gasteiger partial charge is 0.508 e. The average molecular weight is 284 g/mol. The summed E-state index contributed by atoms with van der Waals surface area (Å²) in [5.41, 5.74) is 1.04. The SMILES string of the molecule is CCCN1CCC[C@@H]2c3c(O)cccc3OC[C@H]21.Cl. The second-order valence-corrected chi connectivity index (χ2v) is 5.35. The molecule has 2 aliphatic heterocycles. The summed E-state index contributed by atoms with van der Waals surface area (Å²) in [6, 6.07) is 6.06. The van der Waals surface area contributed by atoms with Gasteiger partial charge in [0, 0.05) is 11.5 Å². The molecule has 1 fully saturated rings. The minimum Gasteiger partial charge on any atom is -0.508 e. The van der Waals surface area contributed by atoms with Gasteiger partial charge in [-0.2, -0.15) is 0 Å². The first kappa shape index (κ1) is 14.5. The van der Waals surface area contributed by atoms with Crippen LogP contribution in [0.4, 0.5) is 0 Å². The molecule has 2 heterocycles. The molecule has 3 nitrogen and oxygen atoms in total. The molecular weight excluding hydrogens is 262 g/mol. The maximum atomic E-state index is 10.1. The Balaban J connectivity index is 0.00000133. The van der Waals surface area contributed by atoms with Gasteiger partial charge in [-0.1, -0.05) is 13.0 Å². The van der Waals surface area contributed by atoms with Gasteiger partial charge in [-0.05, 0) is 44.5 Å². The molecule has 2 aliphatic rings. The standard InChI is InChI=1S/C15H21NO2.ClH/c1-2-8-16-9-4-5-11-12(16)10-18-14-7-3-6-13(17)15(11)14;/h3,6-7,11-12,17H,2,4-5,8-10H2,1H3;1H/t11-,12+;/m0./s1. The summed E-state index contributed by atoms with van der Waals surface area (Å²) in [7, 11) is 0. The van der Waals surface area contributed by atoms with Crippen LogP contribution in [0.5, 0.6) is 11.5 Å². The van der Waals surface area contributed by atoms with Crippen molar-refractivity contribution in [3.63, 3.8) is 0 Å². The number of piperidine rings is 1. The predicted molar refractivity (Wildman–Crippen MR) is 78.5 cm³/mol. The smallest absolute Gasteiger partial charge is 0.126 e. The number of hydrogen-bond donors (Lipinski definition) is 1. The molecule has 19 heavy (non-hydrogen) atoms. The third kappa shape index (κ3) is 2.54. The summed E-state index contributed by atoms with van der Waals surface area (Å²) < 4.78 is 5.85. The number of aromatic hydroxyl groups is 1. The van der Waals surface area contributed by atoms with Crippen molar-refractivity contribution in [3.8, 4) is 11.5 Å². The van der Waals surface area contributed by atoms with Crippen LogP contribution >= 0.6 is 12.4 Å². The zero-order valence-corrected chi connectivity index (χ0v) is 12.2. The summed E-state index contributed by atoms with van der Waals surface area (Å²) in [6.45, 7) is 5.29. The number of halogens is 1. The third-order valence-electron chi connectivity index (χ3n) is 4.23. The van der Waals surface area contributed by atoms with Crippen LogP contribution in [0.15, 0.2) is 18.2 Å². The molecule has 3 rings (SSSR count). The molecule has 0 spiro atoms. The highest BCUT2D eigenvalue weighted by Gasteiger charge is 2.38. The van der Waals surface area contributed by atoms with E-state index in [4.69, 9.17) is 4.74 Å². The highest BCUT2D eigenvalue weighted by atomic mass is 35.5. The number of hydrogen-bond acceptors (Lipinski definition) is 3. The van der Waals surface area contributed by atoms with E-state index in [1.807, 2.05) is 12.1 Å². The molecule has 0 aromatic heterocycles. The van der Waals surface area contributed by atoms with E-state index in [0.29, 0.717) is 17.7 Å². The molecule has 1 saturated heterocycles. The molecule has 0 bridgehead atoms.